The van der Waals surface area contributed by atoms with Crippen molar-refractivity contribution in [3.05, 3.63) is 28.0 Å². The normalized spacial score (nSPS) is 14.0. The molecule has 1 aromatic carbocycles. The maximum absolute atomic E-state index is 14.1. The Balaban J connectivity index is 0.000000381. The van der Waals surface area contributed by atoms with E-state index < -0.39 is 5.82 Å². The van der Waals surface area contributed by atoms with Gasteiger partial charge in [-0.2, -0.15) is 0 Å². The number of Topliss-reactive ketones (excluding diaryl/α,β-unsaturated/α-hetero) is 1. The highest BCUT2D eigenvalue weighted by Crippen LogP contribution is 2.38. The molecule has 0 spiro atoms. The van der Waals surface area contributed by atoms with Crippen molar-refractivity contribution in [3.8, 4) is 5.75 Å². The third-order valence-electron chi connectivity index (χ3n) is 3.47. The largest absolute Gasteiger partial charge is 0.493 e. The lowest BCUT2D eigenvalue weighted by molar-refractivity contribution is -0.138. The number of ketones is 1. The minimum atomic E-state index is -0.475. The summed E-state index contributed by atoms with van der Waals surface area (Å²) < 4.78 is 24.2. The van der Waals surface area contributed by atoms with Crippen LogP contribution in [0.5, 0.6) is 5.75 Å². The van der Waals surface area contributed by atoms with Crippen molar-refractivity contribution in [2.75, 3.05) is 19.7 Å². The molecule has 1 aliphatic rings. The van der Waals surface area contributed by atoms with Gasteiger partial charge < -0.3 is 14.8 Å². The third-order valence-corrected chi connectivity index (χ3v) is 3.74. The SMILES string of the molecule is CC(C)(C)OC=O.CCOc1c(C(C)=O)cc(Cl)c(F)c1C1CNC1. The van der Waals surface area contributed by atoms with Crippen LogP contribution in [-0.2, 0) is 9.53 Å². The Morgan fingerprint density at radius 3 is 2.36 bits per heavy atom. The molecule has 140 valence electrons. The Kier molecular flexibility index (Phi) is 7.83. The van der Waals surface area contributed by atoms with E-state index in [2.05, 4.69) is 10.1 Å². The quantitative estimate of drug-likeness (QED) is 0.629. The first-order valence-electron chi connectivity index (χ1n) is 8.10. The number of hydrogen-bond donors (Lipinski definition) is 1. The molecule has 5 nitrogen and oxygen atoms in total. The lowest BCUT2D eigenvalue weighted by Gasteiger charge is -2.30. The van der Waals surface area contributed by atoms with Gasteiger partial charge in [0, 0.05) is 24.6 Å². The van der Waals surface area contributed by atoms with Crippen molar-refractivity contribution in [1.82, 2.24) is 5.32 Å². The lowest BCUT2D eigenvalue weighted by atomic mass is 9.90. The van der Waals surface area contributed by atoms with E-state index in [9.17, 15) is 14.0 Å². The van der Waals surface area contributed by atoms with Crippen LogP contribution in [0.3, 0.4) is 0 Å². The molecule has 0 atom stereocenters. The van der Waals surface area contributed by atoms with Crippen molar-refractivity contribution < 1.29 is 23.5 Å². The summed E-state index contributed by atoms with van der Waals surface area (Å²) in [5, 5.41) is 3.05. The third kappa shape index (κ3) is 5.97. The maximum Gasteiger partial charge on any atom is 0.293 e. The van der Waals surface area contributed by atoms with Crippen LogP contribution in [0.25, 0.3) is 0 Å². The summed E-state index contributed by atoms with van der Waals surface area (Å²) in [5.74, 6) is -0.285. The molecule has 0 unspecified atom stereocenters. The van der Waals surface area contributed by atoms with E-state index in [4.69, 9.17) is 16.3 Å². The highest BCUT2D eigenvalue weighted by atomic mass is 35.5. The van der Waals surface area contributed by atoms with Crippen LogP contribution < -0.4 is 10.1 Å². The second-order valence-electron chi connectivity index (χ2n) is 6.63. The first-order chi connectivity index (χ1) is 11.6. The molecule has 0 aromatic heterocycles. The molecular formula is C18H25ClFNO4. The fourth-order valence-electron chi connectivity index (χ4n) is 2.19. The van der Waals surface area contributed by atoms with Gasteiger partial charge in [0.05, 0.1) is 17.2 Å². The lowest BCUT2D eigenvalue weighted by Crippen LogP contribution is -2.40. The fraction of sp³-hybridized carbons (Fsp3) is 0.556. The Morgan fingerprint density at radius 2 is 2.04 bits per heavy atom. The van der Waals surface area contributed by atoms with E-state index in [1.54, 1.807) is 6.92 Å². The number of rotatable bonds is 5. The second kappa shape index (κ2) is 9.15. The molecule has 25 heavy (non-hydrogen) atoms. The van der Waals surface area contributed by atoms with Crippen LogP contribution in [0.4, 0.5) is 4.39 Å². The van der Waals surface area contributed by atoms with Gasteiger partial charge in [-0.3, -0.25) is 9.59 Å². The topological polar surface area (TPSA) is 64.6 Å². The van der Waals surface area contributed by atoms with Gasteiger partial charge in [-0.15, -0.1) is 0 Å². The average molecular weight is 374 g/mol. The molecule has 1 aliphatic heterocycles. The molecule has 1 saturated heterocycles. The molecule has 0 amide bonds. The number of ether oxygens (including phenoxy) is 2. The van der Waals surface area contributed by atoms with Crippen molar-refractivity contribution >= 4 is 23.9 Å². The number of benzene rings is 1. The Hall–Kier alpha value is -1.66. The zero-order valence-electron chi connectivity index (χ0n) is 15.2. The summed E-state index contributed by atoms with van der Waals surface area (Å²) in [7, 11) is 0. The van der Waals surface area contributed by atoms with E-state index >= 15 is 0 Å². The average Bonchev–Trinajstić information content (AvgIpc) is 2.43. The zero-order chi connectivity index (χ0) is 19.2. The predicted octanol–water partition coefficient (Wildman–Crippen LogP) is 3.73. The fourth-order valence-corrected chi connectivity index (χ4v) is 2.40. The number of nitrogens with one attached hydrogen (secondary N) is 1. The van der Waals surface area contributed by atoms with Gasteiger partial charge in [-0.05, 0) is 40.7 Å². The summed E-state index contributed by atoms with van der Waals surface area (Å²) in [6.45, 7) is 10.9. The highest BCUT2D eigenvalue weighted by Gasteiger charge is 2.30. The van der Waals surface area contributed by atoms with Crippen molar-refractivity contribution in [3.63, 3.8) is 0 Å². The molecule has 0 radical (unpaired) electrons. The summed E-state index contributed by atoms with van der Waals surface area (Å²) in [4.78, 5) is 21.2. The van der Waals surface area contributed by atoms with E-state index in [0.29, 0.717) is 43.0 Å². The summed E-state index contributed by atoms with van der Waals surface area (Å²) in [5.41, 5.74) is 0.459. The first-order valence-corrected chi connectivity index (χ1v) is 8.48. The van der Waals surface area contributed by atoms with Gasteiger partial charge in [0.1, 0.15) is 17.2 Å². The van der Waals surface area contributed by atoms with Crippen LogP contribution >= 0.6 is 11.6 Å². The van der Waals surface area contributed by atoms with Crippen LogP contribution in [0.1, 0.15) is 56.5 Å². The molecule has 7 heteroatoms. The van der Waals surface area contributed by atoms with Crippen LogP contribution in [0.2, 0.25) is 5.02 Å². The van der Waals surface area contributed by atoms with Crippen LogP contribution in [0.15, 0.2) is 6.07 Å². The molecule has 0 bridgehead atoms. The van der Waals surface area contributed by atoms with Crippen molar-refractivity contribution in [1.29, 1.82) is 0 Å². The molecule has 1 heterocycles. The summed E-state index contributed by atoms with van der Waals surface area (Å²) in [6, 6.07) is 1.35. The molecule has 2 rings (SSSR count). The molecule has 0 aliphatic carbocycles. The van der Waals surface area contributed by atoms with Gasteiger partial charge in [-0.1, -0.05) is 11.6 Å². The number of carbonyl (C=O) groups is 2. The Bertz CT molecular complexity index is 624. The standard InChI is InChI=1S/C13H15ClFNO2.C5H10O2/c1-3-18-13-9(7(2)17)4-10(14)12(15)11(13)8-5-16-6-8;1-5(2,3)7-4-6/h4,8,16H,3,5-6H2,1-2H3;4H,1-3H3. The summed E-state index contributed by atoms with van der Waals surface area (Å²) >= 11 is 5.86. The summed E-state index contributed by atoms with van der Waals surface area (Å²) in [6.07, 6.45) is 0. The predicted molar refractivity (Wildman–Crippen MR) is 95.1 cm³/mol. The number of hydrogen-bond acceptors (Lipinski definition) is 5. The van der Waals surface area contributed by atoms with E-state index in [-0.39, 0.29) is 22.3 Å². The maximum atomic E-state index is 14.1. The Labute approximate surface area is 152 Å². The van der Waals surface area contributed by atoms with Gasteiger partial charge in [-0.25, -0.2) is 4.39 Å². The van der Waals surface area contributed by atoms with Crippen LogP contribution in [0, 0.1) is 5.82 Å². The molecule has 1 fully saturated rings. The van der Waals surface area contributed by atoms with E-state index in [1.165, 1.54) is 13.0 Å². The minimum absolute atomic E-state index is 0.0170. The monoisotopic (exact) mass is 373 g/mol. The number of carbonyl (C=O) groups excluding carboxylic acids is 2. The zero-order valence-corrected chi connectivity index (χ0v) is 16.0. The highest BCUT2D eigenvalue weighted by molar-refractivity contribution is 6.31. The molecule has 0 saturated carbocycles. The Morgan fingerprint density at radius 1 is 1.44 bits per heavy atom. The first kappa shape index (κ1) is 21.4. The van der Waals surface area contributed by atoms with Crippen molar-refractivity contribution in [2.45, 2.75) is 46.1 Å². The molecule has 1 aromatic rings. The minimum Gasteiger partial charge on any atom is -0.493 e. The van der Waals surface area contributed by atoms with Crippen molar-refractivity contribution in [2.24, 2.45) is 0 Å². The van der Waals surface area contributed by atoms with Gasteiger partial charge in [0.2, 0.25) is 0 Å². The van der Waals surface area contributed by atoms with E-state index in [1.807, 2.05) is 20.8 Å². The second-order valence-corrected chi connectivity index (χ2v) is 7.04. The molecule has 1 N–H and O–H groups in total. The molecular weight excluding hydrogens is 349 g/mol. The van der Waals surface area contributed by atoms with Gasteiger partial charge in [0.25, 0.3) is 6.47 Å². The van der Waals surface area contributed by atoms with Gasteiger partial charge in [0.15, 0.2) is 5.78 Å². The van der Waals surface area contributed by atoms with Crippen LogP contribution in [-0.4, -0.2) is 37.6 Å². The van der Waals surface area contributed by atoms with E-state index in [0.717, 1.165) is 0 Å². The van der Waals surface area contributed by atoms with Gasteiger partial charge >= 0.3 is 0 Å². The smallest absolute Gasteiger partial charge is 0.293 e. The number of halogens is 2.